The molecule has 21 heavy (non-hydrogen) atoms. The summed E-state index contributed by atoms with van der Waals surface area (Å²) in [7, 11) is 0. The maximum Gasteiger partial charge on any atom is 0.294 e. The standard InChI is InChI=1S/C13H16ClN3O4/c14-9-1-2-11(12(7-9)17(20)21)15-13(19)8-16-5-3-10(18)4-6-16/h1-2,7,10,18H,3-6,8H2,(H,15,19). The molecule has 1 saturated heterocycles. The zero-order chi connectivity index (χ0) is 15.4. The smallest absolute Gasteiger partial charge is 0.294 e. The number of hydrogen-bond donors (Lipinski definition) is 2. The van der Waals surface area contributed by atoms with Crippen LogP contribution in [0, 0.1) is 10.1 Å². The van der Waals surface area contributed by atoms with Gasteiger partial charge in [-0.05, 0) is 25.0 Å². The molecule has 0 aromatic heterocycles. The summed E-state index contributed by atoms with van der Waals surface area (Å²) in [6.45, 7) is 1.42. The van der Waals surface area contributed by atoms with Gasteiger partial charge in [0.15, 0.2) is 0 Å². The highest BCUT2D eigenvalue weighted by molar-refractivity contribution is 6.31. The van der Waals surface area contributed by atoms with Gasteiger partial charge in [-0.2, -0.15) is 0 Å². The van der Waals surface area contributed by atoms with Gasteiger partial charge in [-0.1, -0.05) is 11.6 Å². The predicted octanol–water partition coefficient (Wildman–Crippen LogP) is 1.64. The number of hydrogen-bond acceptors (Lipinski definition) is 5. The van der Waals surface area contributed by atoms with Crippen LogP contribution in [0.15, 0.2) is 18.2 Å². The lowest BCUT2D eigenvalue weighted by Gasteiger charge is -2.28. The van der Waals surface area contributed by atoms with Crippen LogP contribution in [0.5, 0.6) is 0 Å². The largest absolute Gasteiger partial charge is 0.393 e. The summed E-state index contributed by atoms with van der Waals surface area (Å²) in [5.74, 6) is -0.322. The van der Waals surface area contributed by atoms with Crippen LogP contribution in [0.4, 0.5) is 11.4 Å². The van der Waals surface area contributed by atoms with Crippen molar-refractivity contribution in [2.45, 2.75) is 18.9 Å². The molecule has 114 valence electrons. The second kappa shape index (κ2) is 6.84. The molecule has 0 saturated carbocycles. The van der Waals surface area contributed by atoms with Crippen LogP contribution in [0.25, 0.3) is 0 Å². The first-order valence-corrected chi connectivity index (χ1v) is 6.97. The minimum atomic E-state index is -0.585. The fourth-order valence-corrected chi connectivity index (χ4v) is 2.40. The Morgan fingerprint density at radius 1 is 1.48 bits per heavy atom. The van der Waals surface area contributed by atoms with E-state index in [0.29, 0.717) is 25.9 Å². The van der Waals surface area contributed by atoms with Gasteiger partial charge in [-0.25, -0.2) is 0 Å². The van der Waals surface area contributed by atoms with E-state index in [-0.39, 0.29) is 35.0 Å². The number of anilines is 1. The van der Waals surface area contributed by atoms with Gasteiger partial charge in [0.1, 0.15) is 5.69 Å². The summed E-state index contributed by atoms with van der Waals surface area (Å²) in [6.07, 6.45) is 0.963. The summed E-state index contributed by atoms with van der Waals surface area (Å²) < 4.78 is 0. The fraction of sp³-hybridized carbons (Fsp3) is 0.462. The molecule has 1 aromatic rings. The zero-order valence-electron chi connectivity index (χ0n) is 11.3. The highest BCUT2D eigenvalue weighted by atomic mass is 35.5. The van der Waals surface area contributed by atoms with Crippen LogP contribution in [-0.2, 0) is 4.79 Å². The van der Waals surface area contributed by atoms with Crippen molar-refractivity contribution in [1.82, 2.24) is 4.90 Å². The average Bonchev–Trinajstić information content (AvgIpc) is 2.43. The average molecular weight is 314 g/mol. The number of rotatable bonds is 4. The van der Waals surface area contributed by atoms with Gasteiger partial charge in [0, 0.05) is 24.2 Å². The maximum absolute atomic E-state index is 12.0. The number of piperidine rings is 1. The molecule has 1 aliphatic rings. The van der Waals surface area contributed by atoms with Crippen molar-refractivity contribution in [2.24, 2.45) is 0 Å². The molecule has 7 nitrogen and oxygen atoms in total. The fourth-order valence-electron chi connectivity index (χ4n) is 2.23. The van der Waals surface area contributed by atoms with Crippen LogP contribution in [0.3, 0.4) is 0 Å². The van der Waals surface area contributed by atoms with Crippen molar-refractivity contribution < 1.29 is 14.8 Å². The van der Waals surface area contributed by atoms with Crippen LogP contribution in [0.2, 0.25) is 5.02 Å². The number of nitro benzene ring substituents is 1. The van der Waals surface area contributed by atoms with Crippen LogP contribution < -0.4 is 5.32 Å². The SMILES string of the molecule is O=C(CN1CCC(O)CC1)Nc1ccc(Cl)cc1[N+](=O)[O-]. The number of likely N-dealkylation sites (tertiary alicyclic amines) is 1. The third kappa shape index (κ3) is 4.38. The molecular formula is C13H16ClN3O4. The van der Waals surface area contributed by atoms with E-state index >= 15 is 0 Å². The topological polar surface area (TPSA) is 95.7 Å². The van der Waals surface area contributed by atoms with E-state index in [0.717, 1.165) is 0 Å². The highest BCUT2D eigenvalue weighted by Crippen LogP contribution is 2.27. The number of nitrogens with zero attached hydrogens (tertiary/aromatic N) is 2. The number of aliphatic hydroxyl groups is 1. The monoisotopic (exact) mass is 313 g/mol. The van der Waals surface area contributed by atoms with E-state index in [4.69, 9.17) is 11.6 Å². The molecule has 1 aromatic carbocycles. The first kappa shape index (κ1) is 15.7. The van der Waals surface area contributed by atoms with Gasteiger partial charge < -0.3 is 10.4 Å². The predicted molar refractivity (Wildman–Crippen MR) is 78.4 cm³/mol. The molecule has 1 amide bonds. The highest BCUT2D eigenvalue weighted by Gasteiger charge is 2.21. The Bertz CT molecular complexity index is 544. The third-order valence-corrected chi connectivity index (χ3v) is 3.59. The van der Waals surface area contributed by atoms with Gasteiger partial charge in [0.05, 0.1) is 17.6 Å². The van der Waals surface area contributed by atoms with E-state index in [9.17, 15) is 20.0 Å². The Hall–Kier alpha value is -1.70. The van der Waals surface area contributed by atoms with Crippen LogP contribution in [-0.4, -0.2) is 46.6 Å². The maximum atomic E-state index is 12.0. The van der Waals surface area contributed by atoms with Gasteiger partial charge in [0.25, 0.3) is 5.69 Å². The summed E-state index contributed by atoms with van der Waals surface area (Å²) in [4.78, 5) is 24.2. The van der Waals surface area contributed by atoms with Crippen molar-refractivity contribution in [1.29, 1.82) is 0 Å². The van der Waals surface area contributed by atoms with E-state index in [1.807, 2.05) is 4.90 Å². The lowest BCUT2D eigenvalue weighted by Crippen LogP contribution is -2.40. The molecule has 2 rings (SSSR count). The molecule has 8 heteroatoms. The number of aliphatic hydroxyl groups excluding tert-OH is 1. The number of amides is 1. The van der Waals surface area contributed by atoms with Crippen molar-refractivity contribution in [2.75, 3.05) is 25.0 Å². The van der Waals surface area contributed by atoms with E-state index < -0.39 is 4.92 Å². The Morgan fingerprint density at radius 3 is 2.76 bits per heavy atom. The van der Waals surface area contributed by atoms with Gasteiger partial charge in [-0.15, -0.1) is 0 Å². The number of nitro groups is 1. The Labute approximate surface area is 126 Å². The van der Waals surface area contributed by atoms with E-state index in [1.165, 1.54) is 18.2 Å². The molecule has 0 aliphatic carbocycles. The number of nitrogens with one attached hydrogen (secondary N) is 1. The summed E-state index contributed by atoms with van der Waals surface area (Å²) in [5.41, 5.74) is -0.101. The lowest BCUT2D eigenvalue weighted by atomic mass is 10.1. The van der Waals surface area contributed by atoms with Crippen LogP contribution >= 0.6 is 11.6 Å². The molecule has 1 fully saturated rings. The minimum absolute atomic E-state index is 0.131. The van der Waals surface area contributed by atoms with Crippen molar-refractivity contribution in [3.05, 3.63) is 33.3 Å². The molecule has 1 heterocycles. The van der Waals surface area contributed by atoms with E-state index in [1.54, 1.807) is 0 Å². The summed E-state index contributed by atoms with van der Waals surface area (Å²) in [5, 5.41) is 23.1. The molecule has 0 unspecified atom stereocenters. The molecule has 0 spiro atoms. The van der Waals surface area contributed by atoms with Crippen molar-refractivity contribution in [3.63, 3.8) is 0 Å². The molecule has 0 radical (unpaired) electrons. The molecule has 1 aliphatic heterocycles. The second-order valence-electron chi connectivity index (χ2n) is 4.97. The molecule has 0 bridgehead atoms. The second-order valence-corrected chi connectivity index (χ2v) is 5.41. The van der Waals surface area contributed by atoms with Crippen LogP contribution in [0.1, 0.15) is 12.8 Å². The molecule has 2 N–H and O–H groups in total. The summed E-state index contributed by atoms with van der Waals surface area (Å²) >= 11 is 5.72. The van der Waals surface area contributed by atoms with Crippen molar-refractivity contribution >= 4 is 28.9 Å². The Balaban J connectivity index is 1.98. The molecule has 0 atom stereocenters. The lowest BCUT2D eigenvalue weighted by molar-refractivity contribution is -0.383. The number of carbonyl (C=O) groups excluding carboxylic acids is 1. The zero-order valence-corrected chi connectivity index (χ0v) is 12.0. The molecular weight excluding hydrogens is 298 g/mol. The Morgan fingerprint density at radius 2 is 2.14 bits per heavy atom. The first-order chi connectivity index (χ1) is 9.95. The number of carbonyl (C=O) groups is 1. The Kier molecular flexibility index (Phi) is 5.11. The van der Waals surface area contributed by atoms with E-state index in [2.05, 4.69) is 5.32 Å². The minimum Gasteiger partial charge on any atom is -0.393 e. The van der Waals surface area contributed by atoms with Gasteiger partial charge in [-0.3, -0.25) is 19.8 Å². The first-order valence-electron chi connectivity index (χ1n) is 6.60. The van der Waals surface area contributed by atoms with Gasteiger partial charge in [0.2, 0.25) is 5.91 Å². The quantitative estimate of drug-likeness (QED) is 0.651. The van der Waals surface area contributed by atoms with Crippen molar-refractivity contribution in [3.8, 4) is 0 Å². The number of halogens is 1. The third-order valence-electron chi connectivity index (χ3n) is 3.35. The number of benzene rings is 1. The van der Waals surface area contributed by atoms with Gasteiger partial charge >= 0.3 is 0 Å². The normalized spacial score (nSPS) is 16.7. The summed E-state index contributed by atoms with van der Waals surface area (Å²) in [6, 6.07) is 4.11.